The fourth-order valence-electron chi connectivity index (χ4n) is 9.03. The Kier molecular flexibility index (Phi) is 6.31. The molecule has 0 saturated heterocycles. The molecule has 12 rings (SSSR count). The van der Waals surface area contributed by atoms with E-state index >= 15 is 0 Å². The molecule has 0 unspecified atom stereocenters. The minimum atomic E-state index is 1.17. The predicted octanol–water partition coefficient (Wildman–Crippen LogP) is 14.0. The third kappa shape index (κ3) is 4.12. The molecule has 0 radical (unpaired) electrons. The topological polar surface area (TPSA) is 16.3 Å². The van der Waals surface area contributed by atoms with E-state index in [0.717, 1.165) is 0 Å². The van der Waals surface area contributed by atoms with Gasteiger partial charge in [0.2, 0.25) is 0 Å². The highest BCUT2D eigenvalue weighted by Gasteiger charge is 2.27. The first kappa shape index (κ1) is 30.4. The van der Waals surface area contributed by atoms with Crippen molar-refractivity contribution in [2.75, 3.05) is 9.80 Å². The summed E-state index contributed by atoms with van der Waals surface area (Å²) in [6, 6.07) is 58.3. The average Bonchev–Trinajstić information content (AvgIpc) is 3.68. The van der Waals surface area contributed by atoms with E-state index in [2.05, 4.69) is 191 Å². The zero-order valence-corrected chi connectivity index (χ0v) is 31.2. The maximum Gasteiger partial charge on any atom is 0.0601 e. The summed E-state index contributed by atoms with van der Waals surface area (Å²) in [5.74, 6) is 0. The van der Waals surface area contributed by atoms with Crippen molar-refractivity contribution in [2.45, 2.75) is 19.6 Å². The lowest BCUT2D eigenvalue weighted by molar-refractivity contribution is 1.01. The number of rotatable bonds is 2. The van der Waals surface area contributed by atoms with Gasteiger partial charge in [-0.05, 0) is 95.7 Å². The van der Waals surface area contributed by atoms with Gasteiger partial charge in [-0.3, -0.25) is 0 Å². The van der Waals surface area contributed by atoms with Crippen LogP contribution in [0.4, 0.5) is 34.1 Å². The molecule has 2 aliphatic heterocycles. The second-order valence-electron chi connectivity index (χ2n) is 14.3. The molecule has 10 aromatic rings. The molecule has 0 N–H and O–H groups in total. The summed E-state index contributed by atoms with van der Waals surface area (Å²) >= 11 is 3.69. The van der Waals surface area contributed by atoms with Crippen LogP contribution in [0.1, 0.15) is 0 Å². The molecule has 0 fully saturated rings. The number of aryl methyl sites for hydroxylation is 2. The quantitative estimate of drug-likeness (QED) is 0.176. The van der Waals surface area contributed by atoms with Crippen molar-refractivity contribution < 1.29 is 0 Å². The third-order valence-corrected chi connectivity index (χ3v) is 13.7. The lowest BCUT2D eigenvalue weighted by Crippen LogP contribution is -2.14. The van der Waals surface area contributed by atoms with Crippen LogP contribution in [0.15, 0.2) is 177 Å². The molecule has 2 aromatic heterocycles. The van der Waals surface area contributed by atoms with Gasteiger partial charge in [0.15, 0.2) is 0 Å². The lowest BCUT2D eigenvalue weighted by atomic mass is 9.99. The number of nitrogens with zero attached hydrogens (tertiary/aromatic N) is 4. The van der Waals surface area contributed by atoms with E-state index in [4.69, 9.17) is 0 Å². The SMILES string of the molecule is Cn1c2cc(N3c4ccccc4Sc4ccccc43)ccc2c2c3ccc4c(c3ccc21)c1ccc(N2c3ccccc3Sc3ccccc32)cc1n4C. The molecule has 0 bridgehead atoms. The third-order valence-electron chi connectivity index (χ3n) is 11.5. The predicted molar refractivity (Wildman–Crippen MR) is 230 cm³/mol. The van der Waals surface area contributed by atoms with Gasteiger partial charge < -0.3 is 18.9 Å². The number of benzene rings is 8. The van der Waals surface area contributed by atoms with Crippen molar-refractivity contribution in [3.8, 4) is 0 Å². The van der Waals surface area contributed by atoms with Crippen LogP contribution in [0.3, 0.4) is 0 Å². The number of para-hydroxylation sites is 4. The Bertz CT molecular complexity index is 2920. The van der Waals surface area contributed by atoms with Crippen molar-refractivity contribution >= 4 is 112 Å². The number of anilines is 6. The van der Waals surface area contributed by atoms with Crippen LogP contribution in [-0.2, 0) is 14.1 Å². The first-order valence-corrected chi connectivity index (χ1v) is 19.9. The van der Waals surface area contributed by atoms with Gasteiger partial charge in [0.05, 0.1) is 33.8 Å². The molecule has 6 heteroatoms. The van der Waals surface area contributed by atoms with Crippen molar-refractivity contribution in [1.29, 1.82) is 0 Å². The van der Waals surface area contributed by atoms with E-state index in [0.29, 0.717) is 0 Å². The smallest absolute Gasteiger partial charge is 0.0601 e. The Morgan fingerprint density at radius 2 is 0.667 bits per heavy atom. The molecule has 0 atom stereocenters. The Hall–Kier alpha value is -6.08. The van der Waals surface area contributed by atoms with Crippen LogP contribution in [-0.4, -0.2) is 9.13 Å². The molecule has 0 spiro atoms. The summed E-state index contributed by atoms with van der Waals surface area (Å²) in [4.78, 5) is 9.93. The van der Waals surface area contributed by atoms with Gasteiger partial charge in [0.1, 0.15) is 0 Å². The molecule has 0 amide bonds. The molecule has 4 nitrogen and oxygen atoms in total. The van der Waals surface area contributed by atoms with E-state index in [1.54, 1.807) is 0 Å². The Morgan fingerprint density at radius 3 is 1.04 bits per heavy atom. The van der Waals surface area contributed by atoms with Crippen LogP contribution in [0.25, 0.3) is 54.4 Å². The summed E-state index contributed by atoms with van der Waals surface area (Å²) in [6.45, 7) is 0. The van der Waals surface area contributed by atoms with Crippen LogP contribution >= 0.6 is 23.5 Å². The number of aromatic nitrogens is 2. The first-order chi connectivity index (χ1) is 26.6. The number of fused-ring (bicyclic) bond motifs is 13. The average molecular weight is 729 g/mol. The molecule has 54 heavy (non-hydrogen) atoms. The fourth-order valence-corrected chi connectivity index (χ4v) is 11.1. The minimum absolute atomic E-state index is 1.17. The molecule has 4 heterocycles. The van der Waals surface area contributed by atoms with Crippen molar-refractivity contribution in [1.82, 2.24) is 9.13 Å². The van der Waals surface area contributed by atoms with Gasteiger partial charge in [-0.15, -0.1) is 0 Å². The molecular formula is C48H32N4S2. The van der Waals surface area contributed by atoms with E-state index < -0.39 is 0 Å². The highest BCUT2D eigenvalue weighted by atomic mass is 32.2. The van der Waals surface area contributed by atoms with Crippen molar-refractivity contribution in [2.24, 2.45) is 14.1 Å². The van der Waals surface area contributed by atoms with E-state index in [9.17, 15) is 0 Å². The van der Waals surface area contributed by atoms with Gasteiger partial charge >= 0.3 is 0 Å². The Balaban J connectivity index is 1.05. The summed E-state index contributed by atoms with van der Waals surface area (Å²) in [6.07, 6.45) is 0. The van der Waals surface area contributed by atoms with Gasteiger partial charge in [-0.2, -0.15) is 0 Å². The fraction of sp³-hybridized carbons (Fsp3) is 0.0417. The number of hydrogen-bond acceptors (Lipinski definition) is 4. The zero-order chi connectivity index (χ0) is 35.7. The largest absolute Gasteiger partial charge is 0.344 e. The zero-order valence-electron chi connectivity index (χ0n) is 29.6. The molecule has 2 aliphatic rings. The maximum absolute atomic E-state index is 2.42. The highest BCUT2D eigenvalue weighted by Crippen LogP contribution is 2.53. The van der Waals surface area contributed by atoms with Gasteiger partial charge in [-0.1, -0.05) is 96.3 Å². The molecule has 0 aliphatic carbocycles. The normalized spacial score (nSPS) is 13.5. The molecule has 256 valence electrons. The standard InChI is InChI=1S/C48H32N4S2/c1-49-39-25-23-32-31(47(39)33-21-19-29(27-41(33)49)51-35-11-3-7-15-43(35)53-44-16-8-4-12-36(44)51)24-26-40-48(32)34-22-20-30(28-42(34)50(40)2)52-37-13-5-9-17-45(37)54-46-18-10-6-14-38(46)52/h3-28H,1-2H3. The Morgan fingerprint density at radius 1 is 0.333 bits per heavy atom. The van der Waals surface area contributed by atoms with Crippen molar-refractivity contribution in [3.05, 3.63) is 158 Å². The van der Waals surface area contributed by atoms with Crippen LogP contribution in [0.2, 0.25) is 0 Å². The summed E-state index contributed by atoms with van der Waals surface area (Å²) in [5.41, 5.74) is 12.2. The van der Waals surface area contributed by atoms with Crippen LogP contribution in [0.5, 0.6) is 0 Å². The highest BCUT2D eigenvalue weighted by molar-refractivity contribution is 8.00. The van der Waals surface area contributed by atoms with E-state index in [1.807, 2.05) is 23.5 Å². The second-order valence-corrected chi connectivity index (χ2v) is 16.4. The number of hydrogen-bond donors (Lipinski definition) is 0. The van der Waals surface area contributed by atoms with Gasteiger partial charge in [0, 0.05) is 77.6 Å². The van der Waals surface area contributed by atoms with E-state index in [1.165, 1.54) is 108 Å². The minimum Gasteiger partial charge on any atom is -0.344 e. The van der Waals surface area contributed by atoms with Crippen molar-refractivity contribution in [3.63, 3.8) is 0 Å². The summed E-state index contributed by atoms with van der Waals surface area (Å²) in [5, 5.41) is 7.74. The summed E-state index contributed by atoms with van der Waals surface area (Å²) < 4.78 is 4.74. The Labute approximate surface area is 320 Å². The van der Waals surface area contributed by atoms with Crippen LogP contribution in [0, 0.1) is 0 Å². The lowest BCUT2D eigenvalue weighted by Gasteiger charge is -2.32. The molecular weight excluding hydrogens is 697 g/mol. The molecule has 0 saturated carbocycles. The summed E-state index contributed by atoms with van der Waals surface area (Å²) in [7, 11) is 4.42. The monoisotopic (exact) mass is 728 g/mol. The van der Waals surface area contributed by atoms with Crippen LogP contribution < -0.4 is 9.80 Å². The van der Waals surface area contributed by atoms with E-state index in [-0.39, 0.29) is 0 Å². The van der Waals surface area contributed by atoms with Gasteiger partial charge in [0.25, 0.3) is 0 Å². The second kappa shape index (κ2) is 11.2. The molecule has 8 aromatic carbocycles. The maximum atomic E-state index is 2.42. The first-order valence-electron chi connectivity index (χ1n) is 18.3. The van der Waals surface area contributed by atoms with Gasteiger partial charge in [-0.25, -0.2) is 0 Å².